The number of rotatable bonds is 7. The van der Waals surface area contributed by atoms with Crippen molar-refractivity contribution in [2.75, 3.05) is 20.3 Å². The lowest BCUT2D eigenvalue weighted by molar-refractivity contribution is 0.164. The minimum absolute atomic E-state index is 0.0112. The average Bonchev–Trinajstić information content (AvgIpc) is 3.24. The van der Waals surface area contributed by atoms with E-state index in [4.69, 9.17) is 17.0 Å². The number of nitrogens with one attached hydrogen (secondary N) is 1. The molecule has 30 heavy (non-hydrogen) atoms. The molecule has 2 atom stereocenters. The van der Waals surface area contributed by atoms with E-state index in [1.54, 1.807) is 13.3 Å². The van der Waals surface area contributed by atoms with E-state index in [2.05, 4.69) is 56.8 Å². The number of pyridine rings is 2. The summed E-state index contributed by atoms with van der Waals surface area (Å²) in [6, 6.07) is 12.4. The van der Waals surface area contributed by atoms with Crippen LogP contribution in [0.25, 0.3) is 0 Å². The maximum Gasteiger partial charge on any atom is 0.170 e. The van der Waals surface area contributed by atoms with Gasteiger partial charge in [-0.2, -0.15) is 0 Å². The van der Waals surface area contributed by atoms with Crippen LogP contribution >= 0.6 is 12.2 Å². The predicted molar refractivity (Wildman–Crippen MR) is 121 cm³/mol. The predicted octanol–water partition coefficient (Wildman–Crippen LogP) is 3.56. The summed E-state index contributed by atoms with van der Waals surface area (Å²) in [4.78, 5) is 11.1. The fourth-order valence-corrected chi connectivity index (χ4v) is 4.55. The molecule has 0 radical (unpaired) electrons. The Hall–Kier alpha value is -2.77. The third kappa shape index (κ3) is 3.95. The van der Waals surface area contributed by atoms with Gasteiger partial charge in [-0.1, -0.05) is 12.1 Å². The Balaban J connectivity index is 1.74. The van der Waals surface area contributed by atoms with Crippen LogP contribution in [-0.4, -0.2) is 44.8 Å². The summed E-state index contributed by atoms with van der Waals surface area (Å²) in [5.74, 6) is 0. The molecule has 0 saturated carbocycles. The molecule has 1 saturated heterocycles. The molecule has 0 unspecified atom stereocenters. The monoisotopic (exact) mass is 421 g/mol. The third-order valence-corrected chi connectivity index (χ3v) is 6.08. The van der Waals surface area contributed by atoms with Crippen molar-refractivity contribution < 1.29 is 4.74 Å². The van der Waals surface area contributed by atoms with Crippen LogP contribution in [0.2, 0.25) is 0 Å². The van der Waals surface area contributed by atoms with Crippen molar-refractivity contribution in [3.05, 3.63) is 83.2 Å². The number of aryl methyl sites for hydroxylation is 1. The molecule has 1 fully saturated rings. The first-order chi connectivity index (χ1) is 14.6. The minimum Gasteiger partial charge on any atom is -0.383 e. The smallest absolute Gasteiger partial charge is 0.170 e. The van der Waals surface area contributed by atoms with Gasteiger partial charge >= 0.3 is 0 Å². The lowest BCUT2D eigenvalue weighted by atomic mass is 9.97. The molecular formula is C23H27N5OS. The molecule has 3 aromatic rings. The zero-order valence-electron chi connectivity index (χ0n) is 17.6. The maximum absolute atomic E-state index is 5.71. The van der Waals surface area contributed by atoms with Gasteiger partial charge < -0.3 is 19.5 Å². The molecule has 4 rings (SSSR count). The zero-order chi connectivity index (χ0) is 21.1. The van der Waals surface area contributed by atoms with Crippen LogP contribution in [0, 0.1) is 13.8 Å². The Bertz CT molecular complexity index is 1010. The van der Waals surface area contributed by atoms with Crippen LogP contribution in [0.4, 0.5) is 0 Å². The number of hydrogen-bond acceptors (Lipinski definition) is 4. The van der Waals surface area contributed by atoms with Gasteiger partial charge in [0.1, 0.15) is 0 Å². The molecule has 0 aromatic carbocycles. The molecule has 6 nitrogen and oxygen atoms in total. The number of thiocarbonyl (C=S) groups is 1. The molecule has 7 heteroatoms. The van der Waals surface area contributed by atoms with Crippen LogP contribution in [-0.2, 0) is 11.3 Å². The Labute approximate surface area is 182 Å². The minimum atomic E-state index is -0.0112. The highest BCUT2D eigenvalue weighted by molar-refractivity contribution is 7.80. The van der Waals surface area contributed by atoms with Crippen molar-refractivity contribution >= 4 is 17.3 Å². The molecule has 1 aliphatic heterocycles. The maximum atomic E-state index is 5.71. The number of ether oxygens (including phenoxy) is 1. The Kier molecular flexibility index (Phi) is 6.11. The summed E-state index contributed by atoms with van der Waals surface area (Å²) in [6.07, 6.45) is 5.56. The van der Waals surface area contributed by atoms with Gasteiger partial charge in [-0.15, -0.1) is 0 Å². The largest absolute Gasteiger partial charge is 0.383 e. The quantitative estimate of drug-likeness (QED) is 0.589. The first-order valence-corrected chi connectivity index (χ1v) is 10.5. The molecule has 4 heterocycles. The molecular weight excluding hydrogens is 394 g/mol. The molecule has 1 N–H and O–H groups in total. The average molecular weight is 422 g/mol. The van der Waals surface area contributed by atoms with E-state index in [1.807, 2.05) is 30.6 Å². The molecule has 0 spiro atoms. The van der Waals surface area contributed by atoms with E-state index in [1.165, 1.54) is 22.5 Å². The van der Waals surface area contributed by atoms with Gasteiger partial charge in [0.2, 0.25) is 0 Å². The number of hydrogen-bond donors (Lipinski definition) is 1. The lowest BCUT2D eigenvalue weighted by Gasteiger charge is -2.28. The van der Waals surface area contributed by atoms with E-state index < -0.39 is 0 Å². The molecule has 3 aromatic heterocycles. The molecule has 1 aliphatic rings. The van der Waals surface area contributed by atoms with Gasteiger partial charge in [0, 0.05) is 50.2 Å². The van der Waals surface area contributed by atoms with Gasteiger partial charge in [-0.05, 0) is 61.5 Å². The number of methoxy groups -OCH3 is 1. The van der Waals surface area contributed by atoms with E-state index in [0.29, 0.717) is 6.61 Å². The molecule has 0 amide bonds. The topological polar surface area (TPSA) is 55.2 Å². The molecule has 0 bridgehead atoms. The number of nitrogens with zero attached hydrogens (tertiary/aromatic N) is 4. The second-order valence-corrected chi connectivity index (χ2v) is 7.97. The summed E-state index contributed by atoms with van der Waals surface area (Å²) < 4.78 is 7.70. The SMILES string of the molecule is COCCN1C(=S)N[C@H](c2ccccn2)[C@@H]1c1cc(C)n(Cc2cccnc2)c1C. The van der Waals surface area contributed by atoms with E-state index in [-0.39, 0.29) is 12.1 Å². The lowest BCUT2D eigenvalue weighted by Crippen LogP contribution is -2.32. The summed E-state index contributed by atoms with van der Waals surface area (Å²) in [6.45, 7) is 6.47. The zero-order valence-corrected chi connectivity index (χ0v) is 18.4. The van der Waals surface area contributed by atoms with Crippen molar-refractivity contribution in [1.29, 1.82) is 0 Å². The van der Waals surface area contributed by atoms with Gasteiger partial charge in [0.05, 0.1) is 24.4 Å². The summed E-state index contributed by atoms with van der Waals surface area (Å²) in [7, 11) is 1.72. The van der Waals surface area contributed by atoms with Crippen molar-refractivity contribution in [3.63, 3.8) is 0 Å². The van der Waals surface area contributed by atoms with Crippen LogP contribution in [0.5, 0.6) is 0 Å². The van der Waals surface area contributed by atoms with Crippen LogP contribution < -0.4 is 5.32 Å². The summed E-state index contributed by atoms with van der Waals surface area (Å²) >= 11 is 5.71. The third-order valence-electron chi connectivity index (χ3n) is 5.73. The van der Waals surface area contributed by atoms with Crippen LogP contribution in [0.1, 0.15) is 40.3 Å². The molecule has 156 valence electrons. The van der Waals surface area contributed by atoms with Crippen molar-refractivity contribution in [3.8, 4) is 0 Å². The summed E-state index contributed by atoms with van der Waals surface area (Å²) in [5.41, 5.74) is 5.88. The Morgan fingerprint density at radius 2 is 2.03 bits per heavy atom. The normalized spacial score (nSPS) is 18.6. The molecule has 0 aliphatic carbocycles. The van der Waals surface area contributed by atoms with Crippen molar-refractivity contribution in [1.82, 2.24) is 24.8 Å². The highest BCUT2D eigenvalue weighted by atomic mass is 32.1. The highest BCUT2D eigenvalue weighted by Gasteiger charge is 2.41. The standard InChI is InChI=1S/C23H27N5OS/c1-16-13-19(17(2)28(16)15-18-7-6-9-24-14-18)22-21(20-8-4-5-10-25-20)26-23(30)27(22)11-12-29-3/h4-10,13-14,21-22H,11-12,15H2,1-3H3,(H,26,30)/t21-,22+/m1/s1. The number of aromatic nitrogens is 3. The second kappa shape index (κ2) is 8.93. The second-order valence-electron chi connectivity index (χ2n) is 7.59. The van der Waals surface area contributed by atoms with Gasteiger partial charge in [0.15, 0.2) is 5.11 Å². The fourth-order valence-electron chi connectivity index (χ4n) is 4.22. The van der Waals surface area contributed by atoms with Crippen LogP contribution in [0.15, 0.2) is 55.0 Å². The first kappa shape index (κ1) is 20.5. The summed E-state index contributed by atoms with van der Waals surface area (Å²) in [5, 5.41) is 4.24. The van der Waals surface area contributed by atoms with Crippen molar-refractivity contribution in [2.45, 2.75) is 32.5 Å². The first-order valence-electron chi connectivity index (χ1n) is 10.1. The Morgan fingerprint density at radius 3 is 2.73 bits per heavy atom. The van der Waals surface area contributed by atoms with Gasteiger partial charge in [0.25, 0.3) is 0 Å². The van der Waals surface area contributed by atoms with Crippen LogP contribution in [0.3, 0.4) is 0 Å². The van der Waals surface area contributed by atoms with E-state index >= 15 is 0 Å². The Morgan fingerprint density at radius 1 is 1.17 bits per heavy atom. The van der Waals surface area contributed by atoms with Gasteiger partial charge in [-0.25, -0.2) is 0 Å². The van der Waals surface area contributed by atoms with Gasteiger partial charge in [-0.3, -0.25) is 9.97 Å². The van der Waals surface area contributed by atoms with Crippen molar-refractivity contribution in [2.24, 2.45) is 0 Å². The highest BCUT2D eigenvalue weighted by Crippen LogP contribution is 2.40. The van der Waals surface area contributed by atoms with E-state index in [9.17, 15) is 0 Å². The van der Waals surface area contributed by atoms with E-state index in [0.717, 1.165) is 23.9 Å². The fraction of sp³-hybridized carbons (Fsp3) is 0.348.